The van der Waals surface area contributed by atoms with Gasteiger partial charge in [-0.3, -0.25) is 0 Å². The molecule has 0 bridgehead atoms. The van der Waals surface area contributed by atoms with Gasteiger partial charge in [0.15, 0.2) is 12.6 Å². The molecule has 15 atom stereocenters. The SMILES string of the molecule is C[C@H](N)[C@H]1O[C@@H](OC2C(O)[C@H](N)CC(N)[C@H]2O[C@H]2OC(CO)([C@H](O)CO)CC(O)C2N)C(O)C1O. The summed E-state index contributed by atoms with van der Waals surface area (Å²) in [4.78, 5) is 0. The first-order valence-corrected chi connectivity index (χ1v) is 11.7. The van der Waals surface area contributed by atoms with Crippen LogP contribution in [0.15, 0.2) is 0 Å². The van der Waals surface area contributed by atoms with Crippen LogP contribution in [0.5, 0.6) is 0 Å². The van der Waals surface area contributed by atoms with E-state index in [9.17, 15) is 35.7 Å². The molecule has 35 heavy (non-hydrogen) atoms. The zero-order valence-corrected chi connectivity index (χ0v) is 19.5. The summed E-state index contributed by atoms with van der Waals surface area (Å²) in [5.41, 5.74) is 22.3. The smallest absolute Gasteiger partial charge is 0.187 e. The predicted octanol–water partition coefficient (Wildman–Crippen LogP) is -6.51. The first kappa shape index (κ1) is 29.0. The highest BCUT2D eigenvalue weighted by Crippen LogP contribution is 2.36. The van der Waals surface area contributed by atoms with Crippen molar-refractivity contribution < 1.29 is 54.7 Å². The molecule has 15 nitrogen and oxygen atoms in total. The summed E-state index contributed by atoms with van der Waals surface area (Å²) >= 11 is 0. The molecule has 2 heterocycles. The average Bonchev–Trinajstić information content (AvgIpc) is 3.10. The van der Waals surface area contributed by atoms with Gasteiger partial charge in [-0.2, -0.15) is 0 Å². The lowest BCUT2D eigenvalue weighted by molar-refractivity contribution is -0.330. The van der Waals surface area contributed by atoms with Gasteiger partial charge in [0, 0.05) is 24.5 Å². The molecule has 3 fully saturated rings. The number of aliphatic hydroxyl groups is 7. The molecule has 15 heteroatoms. The maximum absolute atomic E-state index is 10.8. The second-order valence-electron chi connectivity index (χ2n) is 9.82. The van der Waals surface area contributed by atoms with Gasteiger partial charge in [0.25, 0.3) is 0 Å². The van der Waals surface area contributed by atoms with E-state index in [2.05, 4.69) is 0 Å². The van der Waals surface area contributed by atoms with Crippen LogP contribution in [-0.4, -0.2) is 140 Å². The number of aliphatic hydroxyl groups excluding tert-OH is 7. The molecule has 0 aromatic rings. The third kappa shape index (κ3) is 5.64. The summed E-state index contributed by atoms with van der Waals surface area (Å²) in [5, 5.41) is 71.4. The Morgan fingerprint density at radius 1 is 0.943 bits per heavy atom. The third-order valence-electron chi connectivity index (χ3n) is 7.13. The lowest BCUT2D eigenvalue weighted by Crippen LogP contribution is -2.68. The van der Waals surface area contributed by atoms with Gasteiger partial charge in [-0.15, -0.1) is 0 Å². The summed E-state index contributed by atoms with van der Waals surface area (Å²) in [6.07, 6.45) is -13.5. The van der Waals surface area contributed by atoms with Crippen molar-refractivity contribution >= 4 is 0 Å². The Morgan fingerprint density at radius 3 is 2.11 bits per heavy atom. The quantitative estimate of drug-likeness (QED) is 0.144. The van der Waals surface area contributed by atoms with Gasteiger partial charge < -0.3 is 77.6 Å². The molecule has 1 saturated carbocycles. The van der Waals surface area contributed by atoms with E-state index in [-0.39, 0.29) is 12.8 Å². The van der Waals surface area contributed by atoms with E-state index in [0.717, 1.165) is 0 Å². The van der Waals surface area contributed by atoms with Crippen LogP contribution in [-0.2, 0) is 18.9 Å². The zero-order chi connectivity index (χ0) is 26.2. The molecule has 206 valence electrons. The minimum Gasteiger partial charge on any atom is -0.394 e. The Kier molecular flexibility index (Phi) is 9.45. The van der Waals surface area contributed by atoms with Crippen molar-refractivity contribution in [1.82, 2.24) is 0 Å². The Morgan fingerprint density at radius 2 is 1.57 bits per heavy atom. The summed E-state index contributed by atoms with van der Waals surface area (Å²) in [6.45, 7) is 0.0517. The molecule has 2 aliphatic heterocycles. The highest BCUT2D eigenvalue weighted by atomic mass is 16.7. The number of nitrogens with two attached hydrogens (primary N) is 4. The van der Waals surface area contributed by atoms with Crippen molar-refractivity contribution in [2.75, 3.05) is 13.2 Å². The Labute approximate surface area is 202 Å². The van der Waals surface area contributed by atoms with E-state index < -0.39 is 104 Å². The Bertz CT molecular complexity index is 695. The fourth-order valence-corrected chi connectivity index (χ4v) is 4.87. The predicted molar refractivity (Wildman–Crippen MR) is 117 cm³/mol. The molecule has 0 aromatic heterocycles. The van der Waals surface area contributed by atoms with Crippen LogP contribution in [0.25, 0.3) is 0 Å². The largest absolute Gasteiger partial charge is 0.394 e. The Balaban J connectivity index is 1.83. The van der Waals surface area contributed by atoms with Crippen LogP contribution >= 0.6 is 0 Å². The Hall–Kier alpha value is -0.600. The molecular weight excluding hydrogens is 472 g/mol. The lowest BCUT2D eigenvalue weighted by Gasteiger charge is -2.50. The molecule has 8 unspecified atom stereocenters. The van der Waals surface area contributed by atoms with Gasteiger partial charge in [-0.1, -0.05) is 0 Å². The summed E-state index contributed by atoms with van der Waals surface area (Å²) in [6, 6.07) is -3.46. The summed E-state index contributed by atoms with van der Waals surface area (Å²) in [5.74, 6) is 0. The minimum atomic E-state index is -1.78. The van der Waals surface area contributed by atoms with E-state index in [1.54, 1.807) is 6.92 Å². The topological polar surface area (TPSA) is 283 Å². The summed E-state index contributed by atoms with van der Waals surface area (Å²) < 4.78 is 23.1. The van der Waals surface area contributed by atoms with Gasteiger partial charge in [0.05, 0.1) is 31.5 Å². The van der Waals surface area contributed by atoms with E-state index in [1.807, 2.05) is 0 Å². The van der Waals surface area contributed by atoms with Crippen LogP contribution in [0.3, 0.4) is 0 Å². The van der Waals surface area contributed by atoms with Crippen LogP contribution in [0.4, 0.5) is 0 Å². The van der Waals surface area contributed by atoms with E-state index in [4.69, 9.17) is 41.9 Å². The van der Waals surface area contributed by atoms with E-state index in [1.165, 1.54) is 0 Å². The number of hydrogen-bond acceptors (Lipinski definition) is 15. The lowest BCUT2D eigenvalue weighted by atomic mass is 9.83. The second-order valence-corrected chi connectivity index (χ2v) is 9.82. The standard InChI is InChI=1S/C20H40N4O11/c1-6(21)15-13(30)14(31)19(32-15)34-17-12(29)7(22)2-8(23)16(17)33-18-11(24)9(27)3-20(5-26,35-18)10(28)4-25/h6-19,25-31H,2-5,21-24H2,1H3/t6-,7+,8?,9?,10+,11?,12?,13?,14?,15+,16+,17?,18-,19-,20?/m0/s1. The maximum Gasteiger partial charge on any atom is 0.187 e. The van der Waals surface area contributed by atoms with Crippen LogP contribution in [0, 0.1) is 0 Å². The monoisotopic (exact) mass is 512 g/mol. The molecule has 0 spiro atoms. The van der Waals surface area contributed by atoms with Crippen molar-refractivity contribution in [1.29, 1.82) is 0 Å². The third-order valence-corrected chi connectivity index (χ3v) is 7.13. The molecule has 0 aromatic carbocycles. The molecular formula is C20H40N4O11. The molecule has 0 radical (unpaired) electrons. The minimum absolute atomic E-state index is 0.0970. The van der Waals surface area contributed by atoms with Gasteiger partial charge in [-0.05, 0) is 13.3 Å². The van der Waals surface area contributed by atoms with Gasteiger partial charge in [0.2, 0.25) is 0 Å². The number of rotatable bonds is 8. The number of ether oxygens (including phenoxy) is 4. The van der Waals surface area contributed by atoms with Gasteiger partial charge >= 0.3 is 0 Å². The van der Waals surface area contributed by atoms with E-state index >= 15 is 0 Å². The summed E-state index contributed by atoms with van der Waals surface area (Å²) in [7, 11) is 0. The van der Waals surface area contributed by atoms with Crippen LogP contribution in [0.1, 0.15) is 19.8 Å². The highest BCUT2D eigenvalue weighted by molar-refractivity contribution is 5.03. The molecule has 15 N–H and O–H groups in total. The molecule has 0 amide bonds. The van der Waals surface area contributed by atoms with Crippen molar-refractivity contribution in [2.24, 2.45) is 22.9 Å². The number of hydrogen-bond donors (Lipinski definition) is 11. The van der Waals surface area contributed by atoms with Gasteiger partial charge in [-0.25, -0.2) is 0 Å². The average molecular weight is 513 g/mol. The normalized spacial score (nSPS) is 50.7. The molecule has 3 aliphatic rings. The first-order chi connectivity index (χ1) is 16.4. The van der Waals surface area contributed by atoms with Crippen molar-refractivity contribution in [2.45, 2.75) is 111 Å². The highest BCUT2D eigenvalue weighted by Gasteiger charge is 2.54. The van der Waals surface area contributed by atoms with E-state index in [0.29, 0.717) is 0 Å². The van der Waals surface area contributed by atoms with Gasteiger partial charge in [0.1, 0.15) is 42.2 Å². The van der Waals surface area contributed by atoms with Crippen LogP contribution < -0.4 is 22.9 Å². The zero-order valence-electron chi connectivity index (χ0n) is 19.5. The fourth-order valence-electron chi connectivity index (χ4n) is 4.87. The molecule has 3 rings (SSSR count). The molecule has 2 saturated heterocycles. The first-order valence-electron chi connectivity index (χ1n) is 11.7. The van der Waals surface area contributed by atoms with Crippen molar-refractivity contribution in [3.05, 3.63) is 0 Å². The fraction of sp³-hybridized carbons (Fsp3) is 1.00. The van der Waals surface area contributed by atoms with Crippen molar-refractivity contribution in [3.63, 3.8) is 0 Å². The maximum atomic E-state index is 10.8. The van der Waals surface area contributed by atoms with Crippen molar-refractivity contribution in [3.8, 4) is 0 Å². The second kappa shape index (κ2) is 11.4. The van der Waals surface area contributed by atoms with Crippen LogP contribution in [0.2, 0.25) is 0 Å². The molecule has 1 aliphatic carbocycles.